The van der Waals surface area contributed by atoms with Crippen LogP contribution in [0.25, 0.3) is 0 Å². The van der Waals surface area contributed by atoms with Crippen molar-refractivity contribution in [3.63, 3.8) is 0 Å². The van der Waals surface area contributed by atoms with Crippen LogP contribution in [0.4, 0.5) is 5.13 Å². The van der Waals surface area contributed by atoms with Crippen molar-refractivity contribution in [1.82, 2.24) is 4.98 Å². The maximum Gasteiger partial charge on any atom is 0.264 e. The molecule has 5 heteroatoms. The number of para-hydroxylation sites is 1. The molecule has 0 saturated carbocycles. The number of benzene rings is 1. The first-order valence-electron chi connectivity index (χ1n) is 7.58. The average Bonchev–Trinajstić information content (AvgIpc) is 2.87. The van der Waals surface area contributed by atoms with Crippen molar-refractivity contribution in [2.45, 2.75) is 33.1 Å². The van der Waals surface area contributed by atoms with Crippen LogP contribution in [0, 0.1) is 12.8 Å². The molecule has 1 unspecified atom stereocenters. The van der Waals surface area contributed by atoms with Crippen molar-refractivity contribution in [1.29, 1.82) is 0 Å². The number of nitrogens with zero attached hydrogens (tertiary/aromatic N) is 1. The van der Waals surface area contributed by atoms with Gasteiger partial charge in [-0.05, 0) is 43.7 Å². The third kappa shape index (κ3) is 3.47. The van der Waals surface area contributed by atoms with Gasteiger partial charge in [-0.1, -0.05) is 25.1 Å². The van der Waals surface area contributed by atoms with E-state index in [0.717, 1.165) is 29.8 Å². The minimum atomic E-state index is -0.164. The van der Waals surface area contributed by atoms with Gasteiger partial charge in [-0.3, -0.25) is 10.1 Å². The maximum atomic E-state index is 12.0. The van der Waals surface area contributed by atoms with Crippen LogP contribution in [0.1, 0.15) is 29.5 Å². The first kappa shape index (κ1) is 15.0. The van der Waals surface area contributed by atoms with Gasteiger partial charge in [0.2, 0.25) is 0 Å². The smallest absolute Gasteiger partial charge is 0.264 e. The molecule has 0 fully saturated rings. The summed E-state index contributed by atoms with van der Waals surface area (Å²) in [4.78, 5) is 17.8. The number of nitrogens with one attached hydrogen (secondary N) is 1. The highest BCUT2D eigenvalue weighted by molar-refractivity contribution is 7.15. The lowest BCUT2D eigenvalue weighted by molar-refractivity contribution is -0.118. The number of ether oxygens (including phenoxy) is 1. The topological polar surface area (TPSA) is 51.2 Å². The van der Waals surface area contributed by atoms with Crippen LogP contribution in [-0.4, -0.2) is 17.5 Å². The van der Waals surface area contributed by atoms with Crippen molar-refractivity contribution in [3.05, 3.63) is 40.4 Å². The SMILES string of the molecule is Cc1ccccc1OCC(=O)Nc1nc2c(s1)CC(C)CC2. The summed E-state index contributed by atoms with van der Waals surface area (Å²) in [5.41, 5.74) is 2.17. The molecule has 22 heavy (non-hydrogen) atoms. The van der Waals surface area contributed by atoms with Crippen molar-refractivity contribution in [3.8, 4) is 5.75 Å². The van der Waals surface area contributed by atoms with Crippen molar-refractivity contribution >= 4 is 22.4 Å². The Morgan fingerprint density at radius 3 is 3.09 bits per heavy atom. The van der Waals surface area contributed by atoms with E-state index in [4.69, 9.17) is 4.74 Å². The van der Waals surface area contributed by atoms with Gasteiger partial charge >= 0.3 is 0 Å². The number of hydrogen-bond acceptors (Lipinski definition) is 4. The molecule has 1 amide bonds. The molecular formula is C17H20N2O2S. The molecule has 0 radical (unpaired) electrons. The van der Waals surface area contributed by atoms with Crippen molar-refractivity contribution in [2.24, 2.45) is 5.92 Å². The fourth-order valence-electron chi connectivity index (χ4n) is 2.61. The molecule has 0 saturated heterocycles. The Morgan fingerprint density at radius 1 is 1.45 bits per heavy atom. The Balaban J connectivity index is 1.57. The lowest BCUT2D eigenvalue weighted by atomic mass is 9.93. The van der Waals surface area contributed by atoms with Gasteiger partial charge < -0.3 is 4.74 Å². The first-order chi connectivity index (χ1) is 10.6. The van der Waals surface area contributed by atoms with Crippen LogP contribution in [0.5, 0.6) is 5.75 Å². The standard InChI is InChI=1S/C17H20N2O2S/c1-11-7-8-13-15(9-11)22-17(18-13)19-16(20)10-21-14-6-4-3-5-12(14)2/h3-6,11H,7-10H2,1-2H3,(H,18,19,20). The van der Waals surface area contributed by atoms with Crippen molar-refractivity contribution < 1.29 is 9.53 Å². The third-order valence-corrected chi connectivity index (χ3v) is 4.92. The Labute approximate surface area is 134 Å². The summed E-state index contributed by atoms with van der Waals surface area (Å²) in [6.45, 7) is 4.23. The van der Waals surface area contributed by atoms with Crippen LogP contribution in [-0.2, 0) is 17.6 Å². The number of fused-ring (bicyclic) bond motifs is 1. The van der Waals surface area contributed by atoms with E-state index < -0.39 is 0 Å². The molecule has 4 nitrogen and oxygen atoms in total. The van der Waals surface area contributed by atoms with E-state index in [1.54, 1.807) is 11.3 Å². The Kier molecular flexibility index (Phi) is 4.43. The number of thiazole rings is 1. The van der Waals surface area contributed by atoms with Crippen LogP contribution < -0.4 is 10.1 Å². The van der Waals surface area contributed by atoms with E-state index in [1.165, 1.54) is 11.3 Å². The number of carbonyl (C=O) groups is 1. The monoisotopic (exact) mass is 316 g/mol. The van der Waals surface area contributed by atoms with E-state index >= 15 is 0 Å². The van der Waals surface area contributed by atoms with E-state index in [0.29, 0.717) is 11.0 Å². The summed E-state index contributed by atoms with van der Waals surface area (Å²) >= 11 is 1.59. The van der Waals surface area contributed by atoms with Gasteiger partial charge in [0.05, 0.1) is 5.69 Å². The fourth-order valence-corrected chi connectivity index (χ4v) is 3.80. The van der Waals surface area contributed by atoms with Gasteiger partial charge in [-0.25, -0.2) is 4.98 Å². The van der Waals surface area contributed by atoms with Gasteiger partial charge in [-0.2, -0.15) is 0 Å². The van der Waals surface area contributed by atoms with E-state index in [1.807, 2.05) is 31.2 Å². The number of aryl methyl sites for hydroxylation is 2. The molecule has 1 aromatic heterocycles. The molecule has 0 spiro atoms. The van der Waals surface area contributed by atoms with Gasteiger partial charge in [0.25, 0.3) is 5.91 Å². The second kappa shape index (κ2) is 6.48. The highest BCUT2D eigenvalue weighted by atomic mass is 32.1. The molecule has 1 aliphatic rings. The number of anilines is 1. The number of rotatable bonds is 4. The first-order valence-corrected chi connectivity index (χ1v) is 8.40. The minimum Gasteiger partial charge on any atom is -0.483 e. The van der Waals surface area contributed by atoms with Crippen LogP contribution >= 0.6 is 11.3 Å². The quantitative estimate of drug-likeness (QED) is 0.938. The third-order valence-electron chi connectivity index (χ3n) is 3.88. The Hall–Kier alpha value is -1.88. The summed E-state index contributed by atoms with van der Waals surface area (Å²) in [6, 6.07) is 7.68. The second-order valence-corrected chi connectivity index (χ2v) is 6.92. The zero-order valence-corrected chi connectivity index (χ0v) is 13.7. The largest absolute Gasteiger partial charge is 0.483 e. The zero-order valence-electron chi connectivity index (χ0n) is 12.9. The number of hydrogen-bond donors (Lipinski definition) is 1. The van der Waals surface area contributed by atoms with Crippen LogP contribution in [0.3, 0.4) is 0 Å². The predicted molar refractivity (Wildman–Crippen MR) is 88.6 cm³/mol. The summed E-state index contributed by atoms with van der Waals surface area (Å²) in [6.07, 6.45) is 3.27. The lowest BCUT2D eigenvalue weighted by Gasteiger charge is -2.15. The number of amides is 1. The summed E-state index contributed by atoms with van der Waals surface area (Å²) < 4.78 is 5.55. The minimum absolute atomic E-state index is 0.00546. The normalized spacial score (nSPS) is 16.9. The van der Waals surface area contributed by atoms with Crippen LogP contribution in [0.2, 0.25) is 0 Å². The lowest BCUT2D eigenvalue weighted by Crippen LogP contribution is -2.20. The van der Waals surface area contributed by atoms with Gasteiger partial charge in [0.1, 0.15) is 5.75 Å². The molecule has 116 valence electrons. The molecule has 2 aromatic rings. The summed E-state index contributed by atoms with van der Waals surface area (Å²) in [5.74, 6) is 1.29. The van der Waals surface area contributed by atoms with Gasteiger partial charge in [0, 0.05) is 4.88 Å². The summed E-state index contributed by atoms with van der Waals surface area (Å²) in [7, 11) is 0. The molecule has 0 bridgehead atoms. The summed E-state index contributed by atoms with van der Waals surface area (Å²) in [5, 5.41) is 3.54. The Morgan fingerprint density at radius 2 is 2.27 bits per heavy atom. The van der Waals surface area contributed by atoms with Gasteiger partial charge in [-0.15, -0.1) is 11.3 Å². The number of carbonyl (C=O) groups excluding carboxylic acids is 1. The van der Waals surface area contributed by atoms with Gasteiger partial charge in [0.15, 0.2) is 11.7 Å². The molecule has 1 aromatic carbocycles. The molecule has 1 aliphatic carbocycles. The molecule has 3 rings (SSSR count). The van der Waals surface area contributed by atoms with Crippen LogP contribution in [0.15, 0.2) is 24.3 Å². The van der Waals surface area contributed by atoms with E-state index in [2.05, 4.69) is 17.2 Å². The number of aromatic nitrogens is 1. The fraction of sp³-hybridized carbons (Fsp3) is 0.412. The van der Waals surface area contributed by atoms with E-state index in [9.17, 15) is 4.79 Å². The molecule has 1 atom stereocenters. The average molecular weight is 316 g/mol. The second-order valence-electron chi connectivity index (χ2n) is 5.84. The highest BCUT2D eigenvalue weighted by Gasteiger charge is 2.20. The Bertz CT molecular complexity index is 681. The van der Waals surface area contributed by atoms with E-state index in [-0.39, 0.29) is 12.5 Å². The molecular weight excluding hydrogens is 296 g/mol. The molecule has 0 aliphatic heterocycles. The molecule has 1 N–H and O–H groups in total. The maximum absolute atomic E-state index is 12.0. The van der Waals surface area contributed by atoms with Crippen molar-refractivity contribution in [2.75, 3.05) is 11.9 Å². The zero-order chi connectivity index (χ0) is 15.5. The molecule has 1 heterocycles. The highest BCUT2D eigenvalue weighted by Crippen LogP contribution is 2.32. The predicted octanol–water partition coefficient (Wildman–Crippen LogP) is 3.59.